The van der Waals surface area contributed by atoms with Crippen LogP contribution in [-0.2, 0) is 4.79 Å². The van der Waals surface area contributed by atoms with Crippen molar-refractivity contribution in [1.82, 2.24) is 10.2 Å². The van der Waals surface area contributed by atoms with Crippen molar-refractivity contribution in [2.75, 3.05) is 24.7 Å². The molecule has 25 heavy (non-hydrogen) atoms. The second-order valence-electron chi connectivity index (χ2n) is 6.79. The molecule has 3 fully saturated rings. The van der Waals surface area contributed by atoms with Crippen LogP contribution in [-0.4, -0.2) is 53.4 Å². The molecule has 0 unspecified atom stereocenters. The minimum absolute atomic E-state index is 0.0927. The molecule has 7 heteroatoms. The van der Waals surface area contributed by atoms with E-state index in [9.17, 15) is 4.79 Å². The number of nitrogens with zero attached hydrogens (tertiary/aromatic N) is 1. The van der Waals surface area contributed by atoms with Gasteiger partial charge in [-0.25, -0.2) is 4.79 Å². The number of nitrogens with one attached hydrogen (secondary N) is 2. The molecule has 3 saturated heterocycles. The SMILES string of the molecule is CC(=O)O.CSc1cccc(NC(=O)N2[C@@H]3CC[C@H]2[C@H]2CNC[C@H]23)c1. The maximum absolute atomic E-state index is 12.7. The third-order valence-electron chi connectivity index (χ3n) is 5.33. The molecule has 2 amide bonds. The molecule has 3 N–H and O–H groups in total. The lowest BCUT2D eigenvalue weighted by Crippen LogP contribution is -2.41. The molecule has 3 heterocycles. The van der Waals surface area contributed by atoms with Crippen LogP contribution in [0.3, 0.4) is 0 Å². The summed E-state index contributed by atoms with van der Waals surface area (Å²) in [6.07, 6.45) is 4.40. The van der Waals surface area contributed by atoms with Gasteiger partial charge in [-0.1, -0.05) is 6.07 Å². The van der Waals surface area contributed by atoms with Gasteiger partial charge in [0.1, 0.15) is 0 Å². The van der Waals surface area contributed by atoms with Gasteiger partial charge in [-0.2, -0.15) is 0 Å². The van der Waals surface area contributed by atoms with Gasteiger partial charge >= 0.3 is 6.03 Å². The summed E-state index contributed by atoms with van der Waals surface area (Å²) in [6.45, 7) is 3.25. The van der Waals surface area contributed by atoms with Crippen molar-refractivity contribution in [3.8, 4) is 0 Å². The number of fused-ring (bicyclic) bond motifs is 5. The van der Waals surface area contributed by atoms with Crippen LogP contribution in [0.5, 0.6) is 0 Å². The van der Waals surface area contributed by atoms with E-state index in [0.717, 1.165) is 25.7 Å². The van der Waals surface area contributed by atoms with Gasteiger partial charge in [-0.05, 0) is 49.1 Å². The number of thioether (sulfide) groups is 1. The molecule has 0 saturated carbocycles. The van der Waals surface area contributed by atoms with Crippen molar-refractivity contribution in [1.29, 1.82) is 0 Å². The van der Waals surface area contributed by atoms with E-state index in [2.05, 4.69) is 27.9 Å². The first-order valence-corrected chi connectivity index (χ1v) is 9.87. The zero-order valence-electron chi connectivity index (χ0n) is 14.6. The number of benzene rings is 1. The molecule has 4 atom stereocenters. The molecule has 136 valence electrons. The van der Waals surface area contributed by atoms with Crippen LogP contribution in [0.1, 0.15) is 19.8 Å². The van der Waals surface area contributed by atoms with Crippen LogP contribution in [0.25, 0.3) is 0 Å². The predicted octanol–water partition coefficient (Wildman–Crippen LogP) is 2.71. The van der Waals surface area contributed by atoms with Gasteiger partial charge in [0, 0.05) is 42.7 Å². The molecule has 0 spiro atoms. The largest absolute Gasteiger partial charge is 0.481 e. The molecule has 3 aliphatic rings. The zero-order valence-corrected chi connectivity index (χ0v) is 15.4. The van der Waals surface area contributed by atoms with Gasteiger partial charge in [0.15, 0.2) is 0 Å². The van der Waals surface area contributed by atoms with E-state index in [1.807, 2.05) is 18.2 Å². The summed E-state index contributed by atoms with van der Waals surface area (Å²) in [7, 11) is 0. The Morgan fingerprint density at radius 1 is 1.24 bits per heavy atom. The number of rotatable bonds is 2. The van der Waals surface area contributed by atoms with Gasteiger partial charge in [-0.15, -0.1) is 11.8 Å². The average Bonchev–Trinajstić information content (AvgIpc) is 3.26. The van der Waals surface area contributed by atoms with Crippen LogP contribution < -0.4 is 10.6 Å². The number of carbonyl (C=O) groups excluding carboxylic acids is 1. The number of anilines is 1. The van der Waals surface area contributed by atoms with E-state index >= 15 is 0 Å². The van der Waals surface area contributed by atoms with Crippen molar-refractivity contribution in [2.24, 2.45) is 11.8 Å². The Hall–Kier alpha value is -1.73. The highest BCUT2D eigenvalue weighted by molar-refractivity contribution is 7.98. The van der Waals surface area contributed by atoms with Crippen LogP contribution in [0, 0.1) is 11.8 Å². The monoisotopic (exact) mass is 363 g/mol. The first-order valence-electron chi connectivity index (χ1n) is 8.65. The van der Waals surface area contributed by atoms with Crippen LogP contribution >= 0.6 is 11.8 Å². The minimum atomic E-state index is -0.833. The molecule has 1 aromatic rings. The minimum Gasteiger partial charge on any atom is -0.481 e. The summed E-state index contributed by atoms with van der Waals surface area (Å²) < 4.78 is 0. The van der Waals surface area contributed by atoms with Crippen molar-refractivity contribution in [2.45, 2.75) is 36.7 Å². The van der Waals surface area contributed by atoms with E-state index in [1.54, 1.807) is 11.8 Å². The molecule has 4 rings (SSSR count). The topological polar surface area (TPSA) is 81.7 Å². The smallest absolute Gasteiger partial charge is 0.322 e. The molecule has 0 aromatic heterocycles. The number of urea groups is 1. The Balaban J connectivity index is 0.000000415. The van der Waals surface area contributed by atoms with Crippen LogP contribution in [0.4, 0.5) is 10.5 Å². The summed E-state index contributed by atoms with van der Waals surface area (Å²) in [5.41, 5.74) is 0.904. The molecular formula is C18H25N3O3S. The molecule has 2 bridgehead atoms. The summed E-state index contributed by atoms with van der Waals surface area (Å²) >= 11 is 1.70. The number of carbonyl (C=O) groups is 2. The highest BCUT2D eigenvalue weighted by Crippen LogP contribution is 2.47. The quantitative estimate of drug-likeness (QED) is 0.704. The number of aliphatic carboxylic acids is 1. The van der Waals surface area contributed by atoms with Gasteiger partial charge in [0.25, 0.3) is 5.97 Å². The van der Waals surface area contributed by atoms with Crippen molar-refractivity contribution >= 4 is 29.4 Å². The second-order valence-corrected chi connectivity index (χ2v) is 7.67. The van der Waals surface area contributed by atoms with E-state index in [4.69, 9.17) is 9.90 Å². The summed E-state index contributed by atoms with van der Waals surface area (Å²) in [6, 6.07) is 9.06. The lowest BCUT2D eigenvalue weighted by molar-refractivity contribution is -0.134. The number of hydrogen-bond acceptors (Lipinski definition) is 4. The first-order chi connectivity index (χ1) is 12.0. The van der Waals surface area contributed by atoms with Gasteiger partial charge in [0.2, 0.25) is 0 Å². The highest BCUT2D eigenvalue weighted by Gasteiger charge is 2.56. The number of carboxylic acids is 1. The fourth-order valence-corrected chi connectivity index (χ4v) is 4.92. The highest BCUT2D eigenvalue weighted by atomic mass is 32.2. The Morgan fingerprint density at radius 2 is 1.84 bits per heavy atom. The van der Waals surface area contributed by atoms with Crippen molar-refractivity contribution < 1.29 is 14.7 Å². The maximum atomic E-state index is 12.7. The Morgan fingerprint density at radius 3 is 2.40 bits per heavy atom. The van der Waals surface area contributed by atoms with E-state index in [1.165, 1.54) is 17.7 Å². The molecule has 1 aromatic carbocycles. The number of amides is 2. The molecule has 0 radical (unpaired) electrons. The summed E-state index contributed by atoms with van der Waals surface area (Å²) in [5.74, 6) is 0.513. The normalized spacial score (nSPS) is 29.0. The van der Waals surface area contributed by atoms with E-state index in [0.29, 0.717) is 23.9 Å². The summed E-state index contributed by atoms with van der Waals surface area (Å²) in [5, 5.41) is 14.0. The average molecular weight is 363 g/mol. The Labute approximate surface area is 152 Å². The number of hydrogen-bond donors (Lipinski definition) is 3. The van der Waals surface area contributed by atoms with Gasteiger partial charge < -0.3 is 20.6 Å². The Bertz CT molecular complexity index is 632. The zero-order chi connectivity index (χ0) is 18.0. The maximum Gasteiger partial charge on any atom is 0.322 e. The fourth-order valence-electron chi connectivity index (χ4n) is 4.46. The molecule has 3 aliphatic heterocycles. The third kappa shape index (κ3) is 3.77. The third-order valence-corrected chi connectivity index (χ3v) is 6.05. The molecule has 0 aliphatic carbocycles. The van der Waals surface area contributed by atoms with Crippen molar-refractivity contribution in [3.63, 3.8) is 0 Å². The first kappa shape index (κ1) is 18.1. The summed E-state index contributed by atoms with van der Waals surface area (Å²) in [4.78, 5) is 25.0. The van der Waals surface area contributed by atoms with Crippen molar-refractivity contribution in [3.05, 3.63) is 24.3 Å². The van der Waals surface area contributed by atoms with Crippen LogP contribution in [0.15, 0.2) is 29.2 Å². The van der Waals surface area contributed by atoms with Crippen LogP contribution in [0.2, 0.25) is 0 Å². The van der Waals surface area contributed by atoms with E-state index in [-0.39, 0.29) is 6.03 Å². The molecular weight excluding hydrogens is 338 g/mol. The molecule has 6 nitrogen and oxygen atoms in total. The number of carboxylic acid groups (broad SMARTS) is 1. The fraction of sp³-hybridized carbons (Fsp3) is 0.556. The second kappa shape index (κ2) is 7.66. The standard InChI is InChI=1S/C16H21N3OS.C2H4O2/c1-21-11-4-2-3-10(7-11)18-16(20)19-14-5-6-15(19)13-9-17-8-12(13)14;1-2(3)4/h2-4,7,12-15,17H,5-6,8-9H2,1H3,(H,18,20);1H3,(H,3,4)/t12-,13+,14-,15+;. The van der Waals surface area contributed by atoms with Gasteiger partial charge in [-0.3, -0.25) is 4.79 Å². The lowest BCUT2D eigenvalue weighted by Gasteiger charge is -2.25. The predicted molar refractivity (Wildman–Crippen MR) is 99.1 cm³/mol. The Kier molecular flexibility index (Phi) is 5.54. The van der Waals surface area contributed by atoms with Gasteiger partial charge in [0.05, 0.1) is 0 Å². The van der Waals surface area contributed by atoms with E-state index < -0.39 is 5.97 Å². The lowest BCUT2D eigenvalue weighted by atomic mass is 9.82.